The van der Waals surface area contributed by atoms with E-state index in [1.807, 2.05) is 17.0 Å². The number of carbonyl (C=O) groups is 4. The van der Waals surface area contributed by atoms with Gasteiger partial charge in [-0.2, -0.15) is 0 Å². The molecule has 3 aliphatic rings. The van der Waals surface area contributed by atoms with Gasteiger partial charge in [0, 0.05) is 49.2 Å². The summed E-state index contributed by atoms with van der Waals surface area (Å²) in [5.41, 5.74) is 0.996. The third kappa shape index (κ3) is 9.56. The number of alkyl carbamates (subject to hydrolysis) is 1. The molecule has 5 rings (SSSR count). The molecule has 0 spiro atoms. The van der Waals surface area contributed by atoms with E-state index < -0.39 is 36.4 Å². The Morgan fingerprint density at radius 2 is 1.72 bits per heavy atom. The van der Waals surface area contributed by atoms with E-state index in [0.717, 1.165) is 43.0 Å². The van der Waals surface area contributed by atoms with Crippen molar-refractivity contribution in [2.45, 2.75) is 109 Å². The number of esters is 1. The number of nitrogens with one attached hydrogen (secondary N) is 3. The minimum absolute atomic E-state index is 0.00597. The van der Waals surface area contributed by atoms with Crippen LogP contribution >= 0.6 is 0 Å². The Labute approximate surface area is 294 Å². The summed E-state index contributed by atoms with van der Waals surface area (Å²) >= 11 is 0. The molecule has 3 amide bonds. The number of nitrogens with zero attached hydrogens (tertiary/aromatic N) is 1. The number of aromatic amines is 1. The molecule has 1 aromatic carbocycles. The topological polar surface area (TPSA) is 139 Å². The summed E-state index contributed by atoms with van der Waals surface area (Å²) in [5.74, 6) is -0.517. The second-order valence-electron chi connectivity index (χ2n) is 15.3. The lowest BCUT2D eigenvalue weighted by Gasteiger charge is -2.37. The SMILES string of the molecule is COCCCOC(=O)c1cc2cc(NC(=O)[C@H]3[C@H](C4CCCCC4)CCN3C(=O)C3CCC([C@@H](CF)NC(=O)OC(C)(C)C)CC3)ccc2[nH]1. The summed E-state index contributed by atoms with van der Waals surface area (Å²) in [6, 6.07) is 5.93. The Kier molecular flexibility index (Phi) is 12.8. The molecule has 11 nitrogen and oxygen atoms in total. The first-order valence-electron chi connectivity index (χ1n) is 18.4. The summed E-state index contributed by atoms with van der Waals surface area (Å²) < 4.78 is 29.7. The molecule has 3 N–H and O–H groups in total. The van der Waals surface area contributed by atoms with Gasteiger partial charge in [-0.15, -0.1) is 0 Å². The minimum Gasteiger partial charge on any atom is -0.461 e. The van der Waals surface area contributed by atoms with E-state index in [9.17, 15) is 23.6 Å². The smallest absolute Gasteiger partial charge is 0.407 e. The Morgan fingerprint density at radius 1 is 0.980 bits per heavy atom. The van der Waals surface area contributed by atoms with Gasteiger partial charge in [-0.1, -0.05) is 32.1 Å². The van der Waals surface area contributed by atoms with Crippen LogP contribution in [0.25, 0.3) is 10.9 Å². The maximum absolute atomic E-state index is 14.2. The van der Waals surface area contributed by atoms with Gasteiger partial charge in [-0.05, 0) is 94.9 Å². The number of aromatic nitrogens is 1. The van der Waals surface area contributed by atoms with Gasteiger partial charge in [0.15, 0.2) is 0 Å². The fourth-order valence-electron chi connectivity index (χ4n) is 8.18. The highest BCUT2D eigenvalue weighted by Crippen LogP contribution is 2.41. The first-order chi connectivity index (χ1) is 24.0. The second kappa shape index (κ2) is 17.0. The number of carbonyl (C=O) groups excluding carboxylic acids is 4. The molecule has 2 aliphatic carbocycles. The van der Waals surface area contributed by atoms with Crippen molar-refractivity contribution in [3.63, 3.8) is 0 Å². The molecule has 0 radical (unpaired) electrons. The van der Waals surface area contributed by atoms with Gasteiger partial charge >= 0.3 is 12.1 Å². The normalized spacial score (nSPS) is 23.7. The van der Waals surface area contributed by atoms with Crippen LogP contribution in [0.5, 0.6) is 0 Å². The van der Waals surface area contributed by atoms with Gasteiger partial charge in [-0.3, -0.25) is 9.59 Å². The van der Waals surface area contributed by atoms with E-state index in [-0.39, 0.29) is 36.2 Å². The van der Waals surface area contributed by atoms with Crippen LogP contribution in [0.15, 0.2) is 24.3 Å². The molecule has 3 atom stereocenters. The van der Waals surface area contributed by atoms with Crippen molar-refractivity contribution >= 4 is 40.5 Å². The van der Waals surface area contributed by atoms with E-state index >= 15 is 0 Å². The highest BCUT2D eigenvalue weighted by molar-refractivity contribution is 6.01. The first-order valence-corrected chi connectivity index (χ1v) is 18.4. The molecule has 1 aliphatic heterocycles. The number of rotatable bonds is 12. The third-order valence-electron chi connectivity index (χ3n) is 10.6. The van der Waals surface area contributed by atoms with Gasteiger partial charge in [0.2, 0.25) is 11.8 Å². The fourth-order valence-corrected chi connectivity index (χ4v) is 8.18. The van der Waals surface area contributed by atoms with Gasteiger partial charge < -0.3 is 34.7 Å². The summed E-state index contributed by atoms with van der Waals surface area (Å²) in [4.78, 5) is 58.1. The van der Waals surface area contributed by atoms with E-state index in [1.54, 1.807) is 40.0 Å². The molecule has 50 heavy (non-hydrogen) atoms. The molecule has 3 fully saturated rings. The Hall–Kier alpha value is -3.67. The number of fused-ring (bicyclic) bond motifs is 1. The van der Waals surface area contributed by atoms with Crippen LogP contribution in [0.2, 0.25) is 0 Å². The predicted molar refractivity (Wildman–Crippen MR) is 188 cm³/mol. The molecule has 2 aromatic rings. The molecule has 0 unspecified atom stereocenters. The van der Waals surface area contributed by atoms with Crippen LogP contribution in [0.1, 0.15) is 102 Å². The van der Waals surface area contributed by atoms with Crippen molar-refractivity contribution in [1.29, 1.82) is 0 Å². The zero-order valence-corrected chi connectivity index (χ0v) is 30.1. The van der Waals surface area contributed by atoms with Crippen molar-refractivity contribution in [2.24, 2.45) is 23.7 Å². The lowest BCUT2D eigenvalue weighted by molar-refractivity contribution is -0.142. The summed E-state index contributed by atoms with van der Waals surface area (Å²) in [7, 11) is 1.60. The van der Waals surface area contributed by atoms with Gasteiger partial charge in [0.05, 0.1) is 12.6 Å². The Morgan fingerprint density at radius 3 is 2.40 bits per heavy atom. The highest BCUT2D eigenvalue weighted by Gasteiger charge is 2.47. The Balaban J connectivity index is 1.25. The van der Waals surface area contributed by atoms with Crippen LogP contribution in [0.3, 0.4) is 0 Å². The van der Waals surface area contributed by atoms with E-state index in [4.69, 9.17) is 14.2 Å². The zero-order valence-electron chi connectivity index (χ0n) is 30.1. The number of ether oxygens (including phenoxy) is 3. The summed E-state index contributed by atoms with van der Waals surface area (Å²) in [5, 5.41) is 6.57. The standard InChI is InChI=1S/C38H55FN4O7/c1-38(2,3)50-37(47)42-32(23-39)25-11-13-26(14-12-25)35(45)43-18-17-29(24-9-6-5-7-10-24)33(43)34(44)40-28-15-16-30-27(21-28)22-31(41-30)36(46)49-20-8-19-48-4/h15-16,21-22,24-26,29,32-33,41H,5-14,17-20,23H2,1-4H3,(H,40,44)(H,42,47)/t25?,26?,29-,32+,33+/m0/s1. The number of alkyl halides is 1. The summed E-state index contributed by atoms with van der Waals surface area (Å²) in [6.45, 7) is 5.90. The molecule has 1 saturated heterocycles. The minimum atomic E-state index is -0.700. The molecule has 276 valence electrons. The summed E-state index contributed by atoms with van der Waals surface area (Å²) in [6.07, 6.45) is 8.76. The van der Waals surface area contributed by atoms with Crippen molar-refractivity contribution in [1.82, 2.24) is 15.2 Å². The van der Waals surface area contributed by atoms with Crippen molar-refractivity contribution in [2.75, 3.05) is 38.9 Å². The first kappa shape index (κ1) is 37.6. The van der Waals surface area contributed by atoms with Crippen LogP contribution < -0.4 is 10.6 Å². The van der Waals surface area contributed by atoms with Crippen LogP contribution in [0, 0.1) is 23.7 Å². The Bertz CT molecular complexity index is 1480. The van der Waals surface area contributed by atoms with Crippen LogP contribution in [-0.2, 0) is 23.8 Å². The van der Waals surface area contributed by atoms with E-state index in [0.29, 0.717) is 62.6 Å². The average Bonchev–Trinajstić information content (AvgIpc) is 3.73. The van der Waals surface area contributed by atoms with Crippen molar-refractivity contribution in [3.05, 3.63) is 30.0 Å². The second-order valence-corrected chi connectivity index (χ2v) is 15.3. The number of hydrogen-bond acceptors (Lipinski definition) is 7. The maximum Gasteiger partial charge on any atom is 0.407 e. The van der Waals surface area contributed by atoms with Crippen molar-refractivity contribution in [3.8, 4) is 0 Å². The van der Waals surface area contributed by atoms with Crippen molar-refractivity contribution < 1.29 is 37.8 Å². The number of halogens is 1. The van der Waals surface area contributed by atoms with Gasteiger partial charge in [0.25, 0.3) is 0 Å². The zero-order chi connectivity index (χ0) is 35.8. The van der Waals surface area contributed by atoms with Gasteiger partial charge in [0.1, 0.15) is 24.0 Å². The average molecular weight is 699 g/mol. The number of anilines is 1. The highest BCUT2D eigenvalue weighted by atomic mass is 19.1. The molecule has 0 bridgehead atoms. The molecule has 2 saturated carbocycles. The fraction of sp³-hybridized carbons (Fsp3) is 0.684. The van der Waals surface area contributed by atoms with E-state index in [2.05, 4.69) is 15.6 Å². The molecular weight excluding hydrogens is 643 g/mol. The predicted octanol–water partition coefficient (Wildman–Crippen LogP) is 6.77. The maximum atomic E-state index is 14.2. The van der Waals surface area contributed by atoms with E-state index in [1.165, 1.54) is 6.42 Å². The van der Waals surface area contributed by atoms with Crippen LogP contribution in [0.4, 0.5) is 14.9 Å². The quantitative estimate of drug-likeness (QED) is 0.164. The lowest BCUT2D eigenvalue weighted by atomic mass is 9.76. The molecule has 1 aromatic heterocycles. The number of H-pyrrole nitrogens is 1. The molecular formula is C38H55FN4O7. The monoisotopic (exact) mass is 698 g/mol. The van der Waals surface area contributed by atoms with Gasteiger partial charge in [-0.25, -0.2) is 14.0 Å². The number of hydrogen-bond donors (Lipinski definition) is 3. The lowest BCUT2D eigenvalue weighted by Crippen LogP contribution is -2.50. The molecule has 12 heteroatoms. The largest absolute Gasteiger partial charge is 0.461 e. The van der Waals surface area contributed by atoms with Crippen LogP contribution in [-0.4, -0.2) is 85.0 Å². The third-order valence-corrected chi connectivity index (χ3v) is 10.6. The number of benzene rings is 1. The number of amides is 3. The molecule has 2 heterocycles. The number of likely N-dealkylation sites (tertiary alicyclic amines) is 1. The number of methoxy groups -OCH3 is 1.